The molecule has 1 aliphatic rings. The van der Waals surface area contributed by atoms with Crippen LogP contribution in [0.3, 0.4) is 0 Å². The molecule has 2 unspecified atom stereocenters. The van der Waals surface area contributed by atoms with Crippen molar-refractivity contribution in [3.05, 3.63) is 15.0 Å². The van der Waals surface area contributed by atoms with Crippen molar-refractivity contribution in [1.29, 1.82) is 0 Å². The lowest BCUT2D eigenvalue weighted by Gasteiger charge is -2.08. The van der Waals surface area contributed by atoms with Crippen LogP contribution in [0.25, 0.3) is 0 Å². The largest absolute Gasteiger partial charge is 0.461 e. The molecule has 0 aliphatic heterocycles. The van der Waals surface area contributed by atoms with Gasteiger partial charge in [-0.1, -0.05) is 0 Å². The van der Waals surface area contributed by atoms with E-state index in [-0.39, 0.29) is 28.1 Å². The number of aromatic nitrogens is 2. The fourth-order valence-electron chi connectivity index (χ4n) is 1.82. The van der Waals surface area contributed by atoms with E-state index < -0.39 is 24.1 Å². The summed E-state index contributed by atoms with van der Waals surface area (Å²) in [6.45, 7) is 1.81. The minimum atomic E-state index is -4.24. The molecule has 0 amide bonds. The third-order valence-electron chi connectivity index (χ3n) is 2.79. The molecule has 1 saturated carbocycles. The highest BCUT2D eigenvalue weighted by Crippen LogP contribution is 2.55. The van der Waals surface area contributed by atoms with Gasteiger partial charge in [-0.2, -0.15) is 13.2 Å². The van der Waals surface area contributed by atoms with E-state index >= 15 is 0 Å². The predicted molar refractivity (Wildman–Crippen MR) is 66.8 cm³/mol. The number of hydrogen-bond acceptors (Lipinski definition) is 3. The molecule has 0 spiro atoms. The summed E-state index contributed by atoms with van der Waals surface area (Å²) < 4.78 is 44.2. The Morgan fingerprint density at radius 3 is 2.63 bits per heavy atom. The first-order chi connectivity index (χ1) is 8.77. The van der Waals surface area contributed by atoms with Crippen LogP contribution in [0.2, 0.25) is 0 Å². The Labute approximate surface area is 123 Å². The van der Waals surface area contributed by atoms with Crippen LogP contribution < -0.4 is 0 Å². The summed E-state index contributed by atoms with van der Waals surface area (Å²) in [4.78, 5) is 15.5. The molecule has 19 heavy (non-hydrogen) atoms. The topological polar surface area (TPSA) is 44.1 Å². The first kappa shape index (κ1) is 14.8. The molecule has 4 nitrogen and oxygen atoms in total. The number of halogens is 5. The monoisotopic (exact) mass is 404 g/mol. The van der Waals surface area contributed by atoms with Gasteiger partial charge in [-0.25, -0.2) is 9.78 Å². The maximum absolute atomic E-state index is 12.6. The molecular weight excluding hydrogens is 397 g/mol. The highest BCUT2D eigenvalue weighted by Gasteiger charge is 2.57. The van der Waals surface area contributed by atoms with Gasteiger partial charge in [0.15, 0.2) is 10.4 Å². The lowest BCUT2D eigenvalue weighted by atomic mass is 10.4. The molecule has 1 heterocycles. The molecule has 9 heteroatoms. The molecule has 0 N–H and O–H groups in total. The van der Waals surface area contributed by atoms with Crippen LogP contribution in [0.5, 0.6) is 0 Å². The second kappa shape index (κ2) is 5.08. The van der Waals surface area contributed by atoms with Crippen molar-refractivity contribution in [2.75, 3.05) is 6.61 Å². The van der Waals surface area contributed by atoms with Crippen LogP contribution in [0.4, 0.5) is 13.2 Å². The first-order valence-electron chi connectivity index (χ1n) is 5.44. The zero-order valence-electron chi connectivity index (χ0n) is 9.67. The zero-order valence-corrected chi connectivity index (χ0v) is 12.8. The summed E-state index contributed by atoms with van der Waals surface area (Å²) in [6, 6.07) is -0.737. The van der Waals surface area contributed by atoms with Gasteiger partial charge < -0.3 is 9.30 Å². The number of hydrogen-bond donors (Lipinski definition) is 0. The fraction of sp³-hybridized carbons (Fsp3) is 0.600. The third-order valence-corrected chi connectivity index (χ3v) is 4.10. The summed E-state index contributed by atoms with van der Waals surface area (Å²) in [5, 5.41) is 0. The molecule has 106 valence electrons. The van der Waals surface area contributed by atoms with Crippen molar-refractivity contribution in [2.24, 2.45) is 5.92 Å². The highest BCUT2D eigenvalue weighted by atomic mass is 79.9. The molecule has 1 fully saturated rings. The van der Waals surface area contributed by atoms with Crippen molar-refractivity contribution < 1.29 is 22.7 Å². The standard InChI is InChI=1S/C10H9Br2F3N2O2/c1-2-19-8(18)6-7(11)17(9(12)16-6)5-3-4(5)10(13,14)15/h4-5H,2-3H2,1H3. The molecule has 2 rings (SSSR count). The fourth-order valence-corrected chi connectivity index (χ4v) is 3.35. The second-order valence-electron chi connectivity index (χ2n) is 4.06. The van der Waals surface area contributed by atoms with E-state index in [9.17, 15) is 18.0 Å². The Bertz CT molecular complexity index is 516. The number of esters is 1. The smallest absolute Gasteiger partial charge is 0.393 e. The van der Waals surface area contributed by atoms with Crippen molar-refractivity contribution in [2.45, 2.75) is 25.6 Å². The third kappa shape index (κ3) is 2.81. The van der Waals surface area contributed by atoms with E-state index in [1.807, 2.05) is 0 Å². The number of imidazole rings is 1. The van der Waals surface area contributed by atoms with E-state index in [1.54, 1.807) is 6.92 Å². The van der Waals surface area contributed by atoms with Crippen molar-refractivity contribution in [3.63, 3.8) is 0 Å². The molecule has 1 aromatic heterocycles. The van der Waals surface area contributed by atoms with Gasteiger partial charge in [-0.05, 0) is 45.2 Å². The maximum Gasteiger partial charge on any atom is 0.393 e. The normalized spacial score (nSPS) is 22.4. The molecule has 2 atom stereocenters. The summed E-state index contributed by atoms with van der Waals surface area (Å²) >= 11 is 6.18. The minimum Gasteiger partial charge on any atom is -0.461 e. The van der Waals surface area contributed by atoms with Crippen molar-refractivity contribution >= 4 is 37.8 Å². The van der Waals surface area contributed by atoms with Crippen LogP contribution in [-0.2, 0) is 4.74 Å². The van der Waals surface area contributed by atoms with Gasteiger partial charge in [0.2, 0.25) is 0 Å². The number of carbonyl (C=O) groups is 1. The highest BCUT2D eigenvalue weighted by molar-refractivity contribution is 9.11. The summed E-state index contributed by atoms with van der Waals surface area (Å²) in [7, 11) is 0. The summed E-state index contributed by atoms with van der Waals surface area (Å²) in [5.41, 5.74) is -0.0263. The lowest BCUT2D eigenvalue weighted by molar-refractivity contribution is -0.150. The van der Waals surface area contributed by atoms with Crippen LogP contribution in [-0.4, -0.2) is 28.3 Å². The Morgan fingerprint density at radius 2 is 2.16 bits per heavy atom. The van der Waals surface area contributed by atoms with Crippen LogP contribution in [0, 0.1) is 5.92 Å². The molecule has 0 saturated heterocycles. The number of carbonyl (C=O) groups excluding carboxylic acids is 1. The van der Waals surface area contributed by atoms with Crippen molar-refractivity contribution in [3.8, 4) is 0 Å². The molecule has 1 aliphatic carbocycles. The average molecular weight is 406 g/mol. The molecule has 0 radical (unpaired) electrons. The van der Waals surface area contributed by atoms with E-state index in [4.69, 9.17) is 4.74 Å². The molecule has 0 aromatic carbocycles. The van der Waals surface area contributed by atoms with Gasteiger partial charge in [-0.15, -0.1) is 0 Å². The molecular formula is C10H9Br2F3N2O2. The second-order valence-corrected chi connectivity index (χ2v) is 5.52. The molecule has 0 bridgehead atoms. The number of ether oxygens (including phenoxy) is 1. The van der Waals surface area contributed by atoms with Gasteiger partial charge in [-0.3, -0.25) is 0 Å². The Balaban J connectivity index is 2.27. The average Bonchev–Trinajstić information content (AvgIpc) is 3.01. The van der Waals surface area contributed by atoms with Crippen LogP contribution in [0.15, 0.2) is 9.34 Å². The van der Waals surface area contributed by atoms with Gasteiger partial charge in [0.25, 0.3) is 0 Å². The SMILES string of the molecule is CCOC(=O)c1nc(Br)n(C2CC2C(F)(F)F)c1Br. The lowest BCUT2D eigenvalue weighted by Crippen LogP contribution is -2.14. The van der Waals surface area contributed by atoms with Gasteiger partial charge in [0.05, 0.1) is 12.5 Å². The minimum absolute atomic E-state index is 0.0146. The number of nitrogens with zero attached hydrogens (tertiary/aromatic N) is 2. The molecule has 1 aromatic rings. The van der Waals surface area contributed by atoms with Crippen LogP contribution in [0.1, 0.15) is 29.9 Å². The van der Waals surface area contributed by atoms with E-state index in [0.29, 0.717) is 0 Å². The van der Waals surface area contributed by atoms with Gasteiger partial charge in [0, 0.05) is 6.04 Å². The first-order valence-corrected chi connectivity index (χ1v) is 7.03. The number of rotatable bonds is 3. The van der Waals surface area contributed by atoms with E-state index in [0.717, 1.165) is 0 Å². The zero-order chi connectivity index (χ0) is 14.4. The predicted octanol–water partition coefficient (Wildman–Crippen LogP) is 3.71. The summed E-state index contributed by atoms with van der Waals surface area (Å²) in [6.07, 6.45) is -4.25. The van der Waals surface area contributed by atoms with Gasteiger partial charge >= 0.3 is 12.1 Å². The Kier molecular flexibility index (Phi) is 3.97. The van der Waals surface area contributed by atoms with Crippen molar-refractivity contribution in [1.82, 2.24) is 9.55 Å². The van der Waals surface area contributed by atoms with Crippen LogP contribution >= 0.6 is 31.9 Å². The Hall–Kier alpha value is -0.570. The Morgan fingerprint density at radius 1 is 1.53 bits per heavy atom. The van der Waals surface area contributed by atoms with E-state index in [1.165, 1.54) is 4.57 Å². The van der Waals surface area contributed by atoms with Gasteiger partial charge in [0.1, 0.15) is 4.60 Å². The quantitative estimate of drug-likeness (QED) is 0.720. The maximum atomic E-state index is 12.6. The van der Waals surface area contributed by atoms with E-state index in [2.05, 4.69) is 36.8 Å². The number of alkyl halides is 3. The summed E-state index contributed by atoms with van der Waals surface area (Å²) in [5.74, 6) is -2.07.